The Morgan fingerprint density at radius 1 is 1.19 bits per heavy atom. The van der Waals surface area contributed by atoms with E-state index in [2.05, 4.69) is 4.72 Å². The lowest BCUT2D eigenvalue weighted by molar-refractivity contribution is -0.127. The normalized spacial score (nSPS) is 15.8. The van der Waals surface area contributed by atoms with E-state index in [1.807, 2.05) is 12.1 Å². The van der Waals surface area contributed by atoms with Crippen LogP contribution in [0.5, 0.6) is 0 Å². The summed E-state index contributed by atoms with van der Waals surface area (Å²) < 4.78 is 34.2. The molecule has 2 aliphatic rings. The molecule has 1 N–H and O–H groups in total. The van der Waals surface area contributed by atoms with Crippen LogP contribution in [0.25, 0.3) is 0 Å². The molecule has 0 bridgehead atoms. The number of sulfonamides is 1. The van der Waals surface area contributed by atoms with Crippen molar-refractivity contribution in [2.24, 2.45) is 0 Å². The van der Waals surface area contributed by atoms with E-state index in [1.165, 1.54) is 12.7 Å². The third-order valence-electron chi connectivity index (χ3n) is 6.07. The minimum absolute atomic E-state index is 0.0631. The van der Waals surface area contributed by atoms with Gasteiger partial charge < -0.3 is 9.64 Å². The molecule has 1 amide bonds. The number of nitrogens with zero attached hydrogens (tertiary/aromatic N) is 1. The third kappa shape index (κ3) is 4.06. The lowest BCUT2D eigenvalue weighted by Gasteiger charge is -2.27. The molecule has 1 aromatic carbocycles. The number of thiophene rings is 1. The van der Waals surface area contributed by atoms with Crippen molar-refractivity contribution in [2.75, 3.05) is 18.4 Å². The summed E-state index contributed by atoms with van der Waals surface area (Å²) in [5.74, 6) is -0.770. The molecule has 2 heterocycles. The van der Waals surface area contributed by atoms with Crippen LogP contribution in [0.2, 0.25) is 0 Å². The second kappa shape index (κ2) is 8.71. The van der Waals surface area contributed by atoms with E-state index in [1.54, 1.807) is 30.9 Å². The summed E-state index contributed by atoms with van der Waals surface area (Å²) in [4.78, 5) is 27.6. The zero-order valence-corrected chi connectivity index (χ0v) is 20.0. The average molecular weight is 475 g/mol. The number of nitrogens with one attached hydrogen (secondary N) is 1. The van der Waals surface area contributed by atoms with Gasteiger partial charge in [0.15, 0.2) is 4.21 Å². The fourth-order valence-corrected chi connectivity index (χ4v) is 7.21. The first kappa shape index (κ1) is 22.5. The predicted octanol–water partition coefficient (Wildman–Crippen LogP) is 3.68. The molecule has 0 saturated carbocycles. The van der Waals surface area contributed by atoms with Crippen molar-refractivity contribution >= 4 is 38.9 Å². The van der Waals surface area contributed by atoms with Crippen molar-refractivity contribution in [1.82, 2.24) is 4.90 Å². The van der Waals surface area contributed by atoms with Gasteiger partial charge >= 0.3 is 5.97 Å². The fraction of sp³-hybridized carbons (Fsp3) is 0.391. The van der Waals surface area contributed by atoms with E-state index in [0.29, 0.717) is 34.7 Å². The SMILES string of the molecule is C/C=C(\C)C(=O)N1CCc2c(sc(S(=O)(=O)Nc3ccc4c(c3)CCC4)c2C(=O)OC)C1. The van der Waals surface area contributed by atoms with Crippen LogP contribution in [0, 0.1) is 0 Å². The Morgan fingerprint density at radius 2 is 1.94 bits per heavy atom. The number of carbonyl (C=O) groups excluding carboxylic acids is 2. The number of hydrogen-bond donors (Lipinski definition) is 1. The number of esters is 1. The maximum atomic E-state index is 13.3. The van der Waals surface area contributed by atoms with Gasteiger partial charge in [0.1, 0.15) is 0 Å². The zero-order valence-electron chi connectivity index (χ0n) is 18.4. The zero-order chi connectivity index (χ0) is 23.0. The van der Waals surface area contributed by atoms with E-state index in [4.69, 9.17) is 4.74 Å². The maximum Gasteiger partial charge on any atom is 0.340 e. The molecule has 1 aromatic heterocycles. The summed E-state index contributed by atoms with van der Waals surface area (Å²) in [5.41, 5.74) is 4.24. The van der Waals surface area contributed by atoms with Gasteiger partial charge in [-0.05, 0) is 68.4 Å². The van der Waals surface area contributed by atoms with E-state index in [9.17, 15) is 18.0 Å². The van der Waals surface area contributed by atoms with Gasteiger partial charge in [0.25, 0.3) is 10.0 Å². The molecular weight excluding hydrogens is 448 g/mol. The summed E-state index contributed by atoms with van der Waals surface area (Å²) in [5, 5.41) is 0. The van der Waals surface area contributed by atoms with E-state index < -0.39 is 16.0 Å². The molecule has 4 rings (SSSR count). The summed E-state index contributed by atoms with van der Waals surface area (Å²) in [6.45, 7) is 4.23. The van der Waals surface area contributed by atoms with E-state index >= 15 is 0 Å². The Bertz CT molecular complexity index is 1230. The molecule has 0 atom stereocenters. The van der Waals surface area contributed by atoms with Crippen LogP contribution in [0.3, 0.4) is 0 Å². The van der Waals surface area contributed by atoms with Gasteiger partial charge in [0.05, 0.1) is 19.2 Å². The van der Waals surface area contributed by atoms with Gasteiger partial charge in [-0.3, -0.25) is 9.52 Å². The lowest BCUT2D eigenvalue weighted by Crippen LogP contribution is -2.36. The fourth-order valence-electron chi connectivity index (χ4n) is 4.26. The van der Waals surface area contributed by atoms with Crippen LogP contribution in [-0.2, 0) is 45.4 Å². The highest BCUT2D eigenvalue weighted by atomic mass is 32.2. The molecule has 1 aliphatic heterocycles. The molecule has 0 spiro atoms. The monoisotopic (exact) mass is 474 g/mol. The number of methoxy groups -OCH3 is 1. The first-order valence-corrected chi connectivity index (χ1v) is 12.8. The van der Waals surface area contributed by atoms with Crippen LogP contribution in [0.1, 0.15) is 52.2 Å². The Morgan fingerprint density at radius 3 is 2.66 bits per heavy atom. The number of carbonyl (C=O) groups is 2. The summed E-state index contributed by atoms with van der Waals surface area (Å²) in [6, 6.07) is 5.58. The summed E-state index contributed by atoms with van der Waals surface area (Å²) in [6.07, 6.45) is 5.16. The van der Waals surface area contributed by atoms with Crippen molar-refractivity contribution in [3.63, 3.8) is 0 Å². The molecule has 0 unspecified atom stereocenters. The van der Waals surface area contributed by atoms with Crippen molar-refractivity contribution in [3.8, 4) is 0 Å². The molecule has 0 fully saturated rings. The van der Waals surface area contributed by atoms with E-state index in [-0.39, 0.29) is 22.2 Å². The number of rotatable bonds is 5. The van der Waals surface area contributed by atoms with Gasteiger partial charge in [-0.15, -0.1) is 11.3 Å². The first-order valence-electron chi connectivity index (χ1n) is 10.5. The molecule has 1 aliphatic carbocycles. The highest BCUT2D eigenvalue weighted by Crippen LogP contribution is 2.38. The molecule has 170 valence electrons. The second-order valence-electron chi connectivity index (χ2n) is 8.05. The Hall–Kier alpha value is -2.65. The van der Waals surface area contributed by atoms with Crippen LogP contribution >= 0.6 is 11.3 Å². The molecule has 32 heavy (non-hydrogen) atoms. The van der Waals surface area contributed by atoms with Crippen molar-refractivity contribution in [2.45, 2.75) is 50.3 Å². The Kier molecular flexibility index (Phi) is 6.13. The maximum absolute atomic E-state index is 13.3. The molecule has 2 aromatic rings. The average Bonchev–Trinajstić information content (AvgIpc) is 3.41. The number of benzene rings is 1. The molecular formula is C23H26N2O5S2. The summed E-state index contributed by atoms with van der Waals surface area (Å²) >= 11 is 1.03. The lowest BCUT2D eigenvalue weighted by atomic mass is 10.0. The smallest absolute Gasteiger partial charge is 0.340 e. The Balaban J connectivity index is 1.70. The van der Waals surface area contributed by atoms with Crippen LogP contribution in [0.4, 0.5) is 5.69 Å². The third-order valence-corrected chi connectivity index (χ3v) is 9.18. The Labute approximate surface area is 192 Å². The van der Waals surface area contributed by atoms with Gasteiger partial charge in [0, 0.05) is 22.7 Å². The topological polar surface area (TPSA) is 92.8 Å². The van der Waals surface area contributed by atoms with Crippen LogP contribution in [0.15, 0.2) is 34.1 Å². The molecule has 7 nitrogen and oxygen atoms in total. The number of hydrogen-bond acceptors (Lipinski definition) is 6. The van der Waals surface area contributed by atoms with Gasteiger partial charge in [-0.1, -0.05) is 12.1 Å². The van der Waals surface area contributed by atoms with Crippen LogP contribution < -0.4 is 4.72 Å². The number of fused-ring (bicyclic) bond motifs is 2. The largest absolute Gasteiger partial charge is 0.465 e. The van der Waals surface area contributed by atoms with E-state index in [0.717, 1.165) is 36.2 Å². The predicted molar refractivity (Wildman–Crippen MR) is 123 cm³/mol. The standard InChI is InChI=1S/C23H26N2O5S2/c1-4-14(2)21(26)25-11-10-18-19(13-25)31-23(20(18)22(27)30-3)32(28,29)24-17-9-8-15-6-5-7-16(15)12-17/h4,8-9,12,24H,5-7,10-11,13H2,1-3H3/b14-4+. The number of ether oxygens (including phenoxy) is 1. The van der Waals surface area contributed by atoms with Crippen molar-refractivity contribution in [3.05, 3.63) is 57.0 Å². The molecule has 0 saturated heterocycles. The highest BCUT2D eigenvalue weighted by molar-refractivity contribution is 7.94. The van der Waals surface area contributed by atoms with Gasteiger partial charge in [-0.25, -0.2) is 13.2 Å². The first-order chi connectivity index (χ1) is 15.2. The highest BCUT2D eigenvalue weighted by Gasteiger charge is 2.35. The number of aryl methyl sites for hydroxylation is 2. The van der Waals surface area contributed by atoms with Crippen molar-refractivity contribution < 1.29 is 22.7 Å². The minimum atomic E-state index is -4.02. The number of amides is 1. The molecule has 9 heteroatoms. The quantitative estimate of drug-likeness (QED) is 0.527. The van der Waals surface area contributed by atoms with Crippen LogP contribution in [-0.4, -0.2) is 38.8 Å². The second-order valence-corrected chi connectivity index (χ2v) is 11.0. The van der Waals surface area contributed by atoms with Gasteiger partial charge in [-0.2, -0.15) is 0 Å². The summed E-state index contributed by atoms with van der Waals surface area (Å²) in [7, 11) is -2.78. The molecule has 0 radical (unpaired) electrons. The van der Waals surface area contributed by atoms with Gasteiger partial charge in [0.2, 0.25) is 5.91 Å². The number of anilines is 1. The number of allylic oxidation sites excluding steroid dienone is 1. The van der Waals surface area contributed by atoms with Crippen molar-refractivity contribution in [1.29, 1.82) is 0 Å². The minimum Gasteiger partial charge on any atom is -0.465 e.